The van der Waals surface area contributed by atoms with Crippen LogP contribution >= 0.6 is 11.6 Å². The monoisotopic (exact) mass is 356 g/mol. The number of hydrogen-bond donors (Lipinski definition) is 0. The van der Waals surface area contributed by atoms with Crippen molar-refractivity contribution in [2.45, 2.75) is 44.4 Å². The normalized spacial score (nSPS) is 20.9. The molecule has 0 heterocycles. The summed E-state index contributed by atoms with van der Waals surface area (Å²) in [5.74, 6) is 1.36. The molecular formula is C23H26ClF. The third kappa shape index (κ3) is 5.19. The van der Waals surface area contributed by atoms with Crippen molar-refractivity contribution in [1.29, 1.82) is 0 Å². The molecule has 2 aromatic carbocycles. The highest BCUT2D eigenvalue weighted by atomic mass is 35.5. The minimum absolute atomic E-state index is 0.205. The predicted octanol–water partition coefficient (Wildman–Crippen LogP) is 7.59. The molecule has 1 aliphatic carbocycles. The van der Waals surface area contributed by atoms with E-state index in [1.165, 1.54) is 42.4 Å². The molecular weight excluding hydrogens is 331 g/mol. The van der Waals surface area contributed by atoms with Crippen LogP contribution in [0.15, 0.2) is 60.7 Å². The van der Waals surface area contributed by atoms with Crippen molar-refractivity contribution in [2.75, 3.05) is 6.67 Å². The molecule has 3 rings (SSSR count). The van der Waals surface area contributed by atoms with Gasteiger partial charge in [-0.2, -0.15) is 0 Å². The van der Waals surface area contributed by atoms with E-state index in [1.54, 1.807) is 0 Å². The fraction of sp³-hybridized carbons (Fsp3) is 0.391. The number of unbranched alkanes of at least 4 members (excludes halogenated alkanes) is 1. The number of halogens is 2. The van der Waals surface area contributed by atoms with Gasteiger partial charge in [0.1, 0.15) is 0 Å². The Hall–Kier alpha value is -1.60. The van der Waals surface area contributed by atoms with Crippen LogP contribution in [0.5, 0.6) is 0 Å². The largest absolute Gasteiger partial charge is 0.251 e. The average Bonchev–Trinajstić information content (AvgIpc) is 2.67. The molecule has 0 N–H and O–H groups in total. The highest BCUT2D eigenvalue weighted by Crippen LogP contribution is 2.37. The molecule has 1 fully saturated rings. The first-order valence-corrected chi connectivity index (χ1v) is 9.72. The lowest BCUT2D eigenvalue weighted by atomic mass is 9.78. The molecule has 1 saturated carbocycles. The second-order valence-corrected chi connectivity index (χ2v) is 7.44. The van der Waals surface area contributed by atoms with E-state index < -0.39 is 0 Å². The molecule has 2 heteroatoms. The van der Waals surface area contributed by atoms with E-state index in [1.807, 2.05) is 12.1 Å². The maximum absolute atomic E-state index is 12.1. The Kier molecular flexibility index (Phi) is 6.69. The first-order chi connectivity index (χ1) is 12.3. The van der Waals surface area contributed by atoms with E-state index in [9.17, 15) is 4.39 Å². The van der Waals surface area contributed by atoms with E-state index in [2.05, 4.69) is 48.6 Å². The second-order valence-electron chi connectivity index (χ2n) is 7.00. The maximum atomic E-state index is 12.1. The fourth-order valence-electron chi connectivity index (χ4n) is 3.72. The Balaban J connectivity index is 1.55. The Morgan fingerprint density at radius 1 is 0.880 bits per heavy atom. The Labute approximate surface area is 155 Å². The highest BCUT2D eigenvalue weighted by molar-refractivity contribution is 6.30. The number of rotatable bonds is 6. The van der Waals surface area contributed by atoms with E-state index in [0.29, 0.717) is 18.3 Å². The van der Waals surface area contributed by atoms with Gasteiger partial charge in [-0.15, -0.1) is 0 Å². The van der Waals surface area contributed by atoms with Crippen molar-refractivity contribution in [1.82, 2.24) is 0 Å². The molecule has 0 radical (unpaired) electrons. The van der Waals surface area contributed by atoms with Gasteiger partial charge in [-0.05, 0) is 79.2 Å². The maximum Gasteiger partial charge on any atom is 0.0897 e. The number of allylic oxidation sites excluding steroid dienone is 2. The first kappa shape index (κ1) is 18.2. The van der Waals surface area contributed by atoms with E-state index in [0.717, 1.165) is 11.4 Å². The molecule has 0 saturated heterocycles. The zero-order valence-electron chi connectivity index (χ0n) is 14.6. The van der Waals surface area contributed by atoms with Crippen molar-refractivity contribution in [2.24, 2.45) is 5.92 Å². The Bertz CT molecular complexity index is 664. The zero-order chi connectivity index (χ0) is 17.5. The van der Waals surface area contributed by atoms with Crippen LogP contribution in [0.3, 0.4) is 0 Å². The molecule has 132 valence electrons. The van der Waals surface area contributed by atoms with Gasteiger partial charge in [0.25, 0.3) is 0 Å². The van der Waals surface area contributed by atoms with Gasteiger partial charge < -0.3 is 0 Å². The minimum Gasteiger partial charge on any atom is -0.251 e. The lowest BCUT2D eigenvalue weighted by Crippen LogP contribution is -2.11. The fourth-order valence-corrected chi connectivity index (χ4v) is 3.84. The summed E-state index contributed by atoms with van der Waals surface area (Å²) >= 11 is 5.96. The van der Waals surface area contributed by atoms with E-state index in [4.69, 9.17) is 11.6 Å². The van der Waals surface area contributed by atoms with Crippen molar-refractivity contribution in [3.63, 3.8) is 0 Å². The predicted molar refractivity (Wildman–Crippen MR) is 106 cm³/mol. The Morgan fingerprint density at radius 3 is 2.08 bits per heavy atom. The van der Waals surface area contributed by atoms with Crippen molar-refractivity contribution in [3.8, 4) is 11.1 Å². The highest BCUT2D eigenvalue weighted by Gasteiger charge is 2.20. The van der Waals surface area contributed by atoms with Gasteiger partial charge in [-0.25, -0.2) is 0 Å². The van der Waals surface area contributed by atoms with Gasteiger partial charge in [0.15, 0.2) is 0 Å². The summed E-state index contributed by atoms with van der Waals surface area (Å²) in [6.07, 6.45) is 11.0. The van der Waals surface area contributed by atoms with Gasteiger partial charge in [-0.1, -0.05) is 60.2 Å². The minimum atomic E-state index is -0.205. The van der Waals surface area contributed by atoms with Crippen LogP contribution in [0.4, 0.5) is 4.39 Å². The van der Waals surface area contributed by atoms with Gasteiger partial charge in [-0.3, -0.25) is 4.39 Å². The molecule has 1 aliphatic rings. The van der Waals surface area contributed by atoms with Crippen LogP contribution in [0.1, 0.15) is 50.0 Å². The van der Waals surface area contributed by atoms with Crippen LogP contribution in [-0.2, 0) is 0 Å². The van der Waals surface area contributed by atoms with Crippen LogP contribution in [0.2, 0.25) is 5.02 Å². The van der Waals surface area contributed by atoms with Crippen molar-refractivity contribution >= 4 is 11.6 Å². The van der Waals surface area contributed by atoms with Gasteiger partial charge in [0.2, 0.25) is 0 Å². The summed E-state index contributed by atoms with van der Waals surface area (Å²) in [4.78, 5) is 0. The molecule has 0 aliphatic heterocycles. The molecule has 2 aromatic rings. The molecule has 0 unspecified atom stereocenters. The molecule has 0 spiro atoms. The molecule has 0 aromatic heterocycles. The summed E-state index contributed by atoms with van der Waals surface area (Å²) in [6.45, 7) is -0.205. The van der Waals surface area contributed by atoms with E-state index >= 15 is 0 Å². The van der Waals surface area contributed by atoms with Gasteiger partial charge >= 0.3 is 0 Å². The lowest BCUT2D eigenvalue weighted by molar-refractivity contribution is 0.375. The summed E-state index contributed by atoms with van der Waals surface area (Å²) in [5.41, 5.74) is 3.90. The summed E-state index contributed by atoms with van der Waals surface area (Å²) in [7, 11) is 0. The van der Waals surface area contributed by atoms with E-state index in [-0.39, 0.29) is 6.67 Å². The smallest absolute Gasteiger partial charge is 0.0897 e. The van der Waals surface area contributed by atoms with Crippen molar-refractivity contribution < 1.29 is 4.39 Å². The molecule has 0 nitrogen and oxygen atoms in total. The molecule has 0 atom stereocenters. The Morgan fingerprint density at radius 2 is 1.48 bits per heavy atom. The SMILES string of the molecule is FCCC/C=C/[C@H]1CC[C@H](c2ccc(-c3ccc(Cl)cc3)cc2)CC1. The lowest BCUT2D eigenvalue weighted by Gasteiger charge is -2.27. The molecule has 25 heavy (non-hydrogen) atoms. The third-order valence-corrected chi connectivity index (χ3v) is 5.50. The summed E-state index contributed by atoms with van der Waals surface area (Å²) in [5, 5.41) is 0.774. The number of alkyl halides is 1. The summed E-state index contributed by atoms with van der Waals surface area (Å²) < 4.78 is 12.1. The second kappa shape index (κ2) is 9.20. The zero-order valence-corrected chi connectivity index (χ0v) is 15.4. The third-order valence-electron chi connectivity index (χ3n) is 5.24. The number of benzene rings is 2. The standard InChI is InChI=1S/C23H26ClF/c24-23-15-13-22(14-16-23)21-11-9-20(10-12-21)19-7-5-18(6-8-19)4-2-1-3-17-25/h2,4,9-16,18-19H,1,3,5-8,17H2/b4-2+/t18-,19-. The van der Waals surface area contributed by atoms with Gasteiger partial charge in [0.05, 0.1) is 6.67 Å². The molecule has 0 amide bonds. The quantitative estimate of drug-likeness (QED) is 0.369. The molecule has 0 bridgehead atoms. The van der Waals surface area contributed by atoms with Crippen LogP contribution in [0.25, 0.3) is 11.1 Å². The van der Waals surface area contributed by atoms with Crippen LogP contribution < -0.4 is 0 Å². The number of hydrogen-bond acceptors (Lipinski definition) is 0. The first-order valence-electron chi connectivity index (χ1n) is 9.35. The van der Waals surface area contributed by atoms with Gasteiger partial charge in [0, 0.05) is 5.02 Å². The topological polar surface area (TPSA) is 0 Å². The van der Waals surface area contributed by atoms with Crippen molar-refractivity contribution in [3.05, 3.63) is 71.3 Å². The van der Waals surface area contributed by atoms with Crippen LogP contribution in [0, 0.1) is 5.92 Å². The average molecular weight is 357 g/mol. The van der Waals surface area contributed by atoms with Crippen LogP contribution in [-0.4, -0.2) is 6.67 Å². The summed E-state index contributed by atoms with van der Waals surface area (Å²) in [6, 6.07) is 17.0.